The van der Waals surface area contributed by atoms with Gasteiger partial charge in [0.2, 0.25) is 0 Å². The Morgan fingerprint density at radius 2 is 1.81 bits per heavy atom. The van der Waals surface area contributed by atoms with Gasteiger partial charge in [-0.3, -0.25) is 4.79 Å². The molecule has 3 rings (SSSR count). The summed E-state index contributed by atoms with van der Waals surface area (Å²) < 4.78 is 0. The van der Waals surface area contributed by atoms with Crippen molar-refractivity contribution in [3.05, 3.63) is 71.3 Å². The van der Waals surface area contributed by atoms with Gasteiger partial charge in [-0.2, -0.15) is 0 Å². The van der Waals surface area contributed by atoms with Crippen LogP contribution in [0.2, 0.25) is 0 Å². The first kappa shape index (κ1) is 14.0. The van der Waals surface area contributed by atoms with Crippen molar-refractivity contribution in [3.8, 4) is 0 Å². The second-order valence-corrected chi connectivity index (χ2v) is 5.99. The second kappa shape index (κ2) is 5.82. The minimum Gasteiger partial charge on any atom is -0.324 e. The molecule has 0 aromatic heterocycles. The highest BCUT2D eigenvalue weighted by Crippen LogP contribution is 2.37. The van der Waals surface area contributed by atoms with Crippen LogP contribution in [0.15, 0.2) is 54.6 Å². The van der Waals surface area contributed by atoms with Crippen molar-refractivity contribution in [1.82, 2.24) is 0 Å². The maximum Gasteiger partial charge on any atom is 0.140 e. The van der Waals surface area contributed by atoms with E-state index in [0.29, 0.717) is 6.42 Å². The molecule has 0 saturated carbocycles. The van der Waals surface area contributed by atoms with Crippen LogP contribution < -0.4 is 5.73 Å². The number of benzene rings is 2. The summed E-state index contributed by atoms with van der Waals surface area (Å²) in [5.41, 5.74) is 9.93. The van der Waals surface area contributed by atoms with E-state index in [1.165, 1.54) is 11.1 Å². The number of nitrogens with two attached hydrogens (primary N) is 1. The average molecular weight is 279 g/mol. The smallest absolute Gasteiger partial charge is 0.140 e. The summed E-state index contributed by atoms with van der Waals surface area (Å²) >= 11 is 0. The Morgan fingerprint density at radius 3 is 2.52 bits per heavy atom. The molecule has 1 aliphatic rings. The van der Waals surface area contributed by atoms with Gasteiger partial charge >= 0.3 is 0 Å². The minimum atomic E-state index is -0.0536. The summed E-state index contributed by atoms with van der Waals surface area (Å²) in [6.45, 7) is 1.99. The zero-order valence-corrected chi connectivity index (χ0v) is 12.3. The van der Waals surface area contributed by atoms with Gasteiger partial charge in [-0.05, 0) is 29.0 Å². The van der Waals surface area contributed by atoms with E-state index in [2.05, 4.69) is 12.1 Å². The second-order valence-electron chi connectivity index (χ2n) is 5.99. The number of carbonyl (C=O) groups excluding carboxylic acids is 1. The molecule has 108 valence electrons. The van der Waals surface area contributed by atoms with Crippen LogP contribution >= 0.6 is 0 Å². The fraction of sp³-hybridized carbons (Fsp3) is 0.316. The predicted molar refractivity (Wildman–Crippen MR) is 85.0 cm³/mol. The molecular formula is C19H21NO. The van der Waals surface area contributed by atoms with Gasteiger partial charge in [0.25, 0.3) is 0 Å². The molecule has 3 atom stereocenters. The van der Waals surface area contributed by atoms with E-state index in [4.69, 9.17) is 5.73 Å². The molecule has 0 fully saturated rings. The van der Waals surface area contributed by atoms with Crippen LogP contribution in [0.5, 0.6) is 0 Å². The van der Waals surface area contributed by atoms with Gasteiger partial charge < -0.3 is 5.73 Å². The van der Waals surface area contributed by atoms with Gasteiger partial charge in [0, 0.05) is 18.4 Å². The monoisotopic (exact) mass is 279 g/mol. The molecule has 2 nitrogen and oxygen atoms in total. The third kappa shape index (κ3) is 2.77. The first-order valence-corrected chi connectivity index (χ1v) is 7.58. The van der Waals surface area contributed by atoms with Crippen molar-refractivity contribution >= 4 is 5.78 Å². The number of hydrogen-bond acceptors (Lipinski definition) is 2. The predicted octanol–water partition coefficient (Wildman–Crippen LogP) is 3.62. The number of ketones is 1. The third-order valence-electron chi connectivity index (χ3n) is 4.65. The molecule has 0 amide bonds. The summed E-state index contributed by atoms with van der Waals surface area (Å²) in [6.07, 6.45) is 1.48. The van der Waals surface area contributed by atoms with Crippen molar-refractivity contribution in [1.29, 1.82) is 0 Å². The zero-order chi connectivity index (χ0) is 14.8. The highest BCUT2D eigenvalue weighted by atomic mass is 16.1. The Labute approximate surface area is 126 Å². The summed E-state index contributed by atoms with van der Waals surface area (Å²) in [5, 5.41) is 0. The fourth-order valence-corrected chi connectivity index (χ4v) is 3.27. The van der Waals surface area contributed by atoms with E-state index in [1.807, 2.05) is 49.4 Å². The standard InChI is InChI=1S/C19H21NO/c1-13(14-7-3-2-4-8-14)18(21)12-16-11-15-9-5-6-10-17(15)19(16)20/h2-10,13,16,19H,11-12,20H2,1H3/t13-,16+,19+/m0/s1. The third-order valence-corrected chi connectivity index (χ3v) is 4.65. The van der Waals surface area contributed by atoms with Gasteiger partial charge in [0.05, 0.1) is 0 Å². The number of fused-ring (bicyclic) bond motifs is 1. The lowest BCUT2D eigenvalue weighted by molar-refractivity contribution is -0.121. The average Bonchev–Trinajstić information content (AvgIpc) is 2.84. The zero-order valence-electron chi connectivity index (χ0n) is 12.3. The molecule has 0 unspecified atom stereocenters. The molecule has 1 aliphatic carbocycles. The van der Waals surface area contributed by atoms with Gasteiger partial charge in [-0.25, -0.2) is 0 Å². The summed E-state index contributed by atoms with van der Waals surface area (Å²) in [4.78, 5) is 12.5. The highest BCUT2D eigenvalue weighted by Gasteiger charge is 2.32. The van der Waals surface area contributed by atoms with Gasteiger partial charge in [-0.15, -0.1) is 0 Å². The molecule has 0 radical (unpaired) electrons. The first-order valence-electron chi connectivity index (χ1n) is 7.58. The maximum atomic E-state index is 12.5. The number of hydrogen-bond donors (Lipinski definition) is 1. The molecule has 21 heavy (non-hydrogen) atoms. The van der Waals surface area contributed by atoms with E-state index in [9.17, 15) is 4.79 Å². The van der Waals surface area contributed by atoms with Crippen molar-refractivity contribution in [2.75, 3.05) is 0 Å². The quantitative estimate of drug-likeness (QED) is 0.929. The van der Waals surface area contributed by atoms with Gasteiger partial charge in [-0.1, -0.05) is 61.5 Å². The van der Waals surface area contributed by atoms with Gasteiger partial charge in [0.1, 0.15) is 5.78 Å². The lowest BCUT2D eigenvalue weighted by Crippen LogP contribution is -2.22. The molecule has 0 aliphatic heterocycles. The molecule has 0 bridgehead atoms. The van der Waals surface area contributed by atoms with Crippen LogP contribution in [-0.4, -0.2) is 5.78 Å². The van der Waals surface area contributed by atoms with Crippen LogP contribution in [0, 0.1) is 5.92 Å². The largest absolute Gasteiger partial charge is 0.324 e. The Bertz CT molecular complexity index is 635. The Balaban J connectivity index is 1.70. The van der Waals surface area contributed by atoms with Crippen molar-refractivity contribution in [2.24, 2.45) is 11.7 Å². The van der Waals surface area contributed by atoms with Crippen molar-refractivity contribution in [2.45, 2.75) is 31.7 Å². The van der Waals surface area contributed by atoms with Crippen LogP contribution in [0.1, 0.15) is 42.0 Å². The molecular weight excluding hydrogens is 258 g/mol. The number of Topliss-reactive ketones (excluding diaryl/α,β-unsaturated/α-hetero) is 1. The van der Waals surface area contributed by atoms with Gasteiger partial charge in [0.15, 0.2) is 0 Å². The Kier molecular flexibility index (Phi) is 3.89. The topological polar surface area (TPSA) is 43.1 Å². The highest BCUT2D eigenvalue weighted by molar-refractivity contribution is 5.85. The molecule has 2 heteroatoms. The fourth-order valence-electron chi connectivity index (χ4n) is 3.27. The summed E-state index contributed by atoms with van der Waals surface area (Å²) in [7, 11) is 0. The van der Waals surface area contributed by atoms with Crippen LogP contribution in [0.3, 0.4) is 0 Å². The van der Waals surface area contributed by atoms with E-state index in [1.54, 1.807) is 0 Å². The van der Waals surface area contributed by atoms with Crippen LogP contribution in [0.25, 0.3) is 0 Å². The van der Waals surface area contributed by atoms with E-state index < -0.39 is 0 Å². The Morgan fingerprint density at radius 1 is 1.14 bits per heavy atom. The van der Waals surface area contributed by atoms with E-state index in [0.717, 1.165) is 12.0 Å². The van der Waals surface area contributed by atoms with Crippen molar-refractivity contribution < 1.29 is 4.79 Å². The molecule has 2 N–H and O–H groups in total. The normalized spacial score (nSPS) is 21.8. The summed E-state index contributed by atoms with van der Waals surface area (Å²) in [6, 6.07) is 18.3. The molecule has 2 aromatic rings. The SMILES string of the molecule is C[C@H](C(=O)C[C@H]1Cc2ccccc2[C@@H]1N)c1ccccc1. The van der Waals surface area contributed by atoms with Crippen molar-refractivity contribution in [3.63, 3.8) is 0 Å². The minimum absolute atomic E-state index is 0.00637. The number of carbonyl (C=O) groups is 1. The van der Waals surface area contributed by atoms with E-state index in [-0.39, 0.29) is 23.7 Å². The van der Waals surface area contributed by atoms with E-state index >= 15 is 0 Å². The lowest BCUT2D eigenvalue weighted by atomic mass is 9.88. The molecule has 0 spiro atoms. The maximum absolute atomic E-state index is 12.5. The summed E-state index contributed by atoms with van der Waals surface area (Å²) in [5.74, 6) is 0.470. The van der Waals surface area contributed by atoms with Crippen LogP contribution in [0.4, 0.5) is 0 Å². The number of rotatable bonds is 4. The van der Waals surface area contributed by atoms with Crippen LogP contribution in [-0.2, 0) is 11.2 Å². The molecule has 0 saturated heterocycles. The molecule has 0 heterocycles. The Hall–Kier alpha value is -1.93. The molecule has 2 aromatic carbocycles. The lowest BCUT2D eigenvalue weighted by Gasteiger charge is -2.18. The first-order chi connectivity index (χ1) is 10.2.